The fourth-order valence-electron chi connectivity index (χ4n) is 2.80. The zero-order chi connectivity index (χ0) is 19.0. The van der Waals surface area contributed by atoms with Gasteiger partial charge in [0, 0.05) is 7.05 Å². The van der Waals surface area contributed by atoms with E-state index in [0.29, 0.717) is 0 Å². The molecule has 1 aromatic carbocycles. The van der Waals surface area contributed by atoms with Gasteiger partial charge in [-0.15, -0.1) is 0 Å². The number of amides is 2. The maximum Gasteiger partial charge on any atom is 0.437 e. The molecule has 0 bridgehead atoms. The summed E-state index contributed by atoms with van der Waals surface area (Å²) in [6.45, 7) is 1.19. The molecule has 0 radical (unpaired) electrons. The Morgan fingerprint density at radius 3 is 2.60 bits per heavy atom. The summed E-state index contributed by atoms with van der Waals surface area (Å²) in [6, 6.07) is 2.24. The van der Waals surface area contributed by atoms with Crippen LogP contribution in [0.25, 0.3) is 0 Å². The maximum atomic E-state index is 13.6. The Balaban J connectivity index is 2.64. The van der Waals surface area contributed by atoms with E-state index in [0.717, 1.165) is 13.1 Å². The van der Waals surface area contributed by atoms with Crippen LogP contribution in [-0.2, 0) is 9.53 Å². The van der Waals surface area contributed by atoms with Crippen molar-refractivity contribution in [2.24, 2.45) is 5.92 Å². The van der Waals surface area contributed by atoms with Crippen LogP contribution < -0.4 is 5.32 Å². The highest BCUT2D eigenvalue weighted by Gasteiger charge is 2.69. The minimum atomic E-state index is -5.33. The molecular weight excluding hydrogens is 345 g/mol. The number of aromatic hydroxyl groups is 1. The van der Waals surface area contributed by atoms with Gasteiger partial charge in [-0.2, -0.15) is 13.2 Å². The van der Waals surface area contributed by atoms with Crippen LogP contribution in [0.15, 0.2) is 24.3 Å². The van der Waals surface area contributed by atoms with Crippen molar-refractivity contribution in [2.75, 3.05) is 13.7 Å². The lowest BCUT2D eigenvalue weighted by molar-refractivity contribution is -0.328. The van der Waals surface area contributed by atoms with Crippen LogP contribution in [-0.4, -0.2) is 52.7 Å². The van der Waals surface area contributed by atoms with Crippen LogP contribution in [0.5, 0.6) is 5.75 Å². The number of nitrogens with one attached hydrogen (secondary N) is 1. The molecule has 2 rings (SSSR count). The van der Waals surface area contributed by atoms with Gasteiger partial charge in [-0.25, -0.2) is 4.79 Å². The third-order valence-corrected chi connectivity index (χ3v) is 4.05. The Bertz CT molecular complexity index is 681. The zero-order valence-corrected chi connectivity index (χ0v) is 13.4. The van der Waals surface area contributed by atoms with Gasteiger partial charge in [-0.1, -0.05) is 12.1 Å². The molecule has 0 aliphatic carbocycles. The topological polar surface area (TPSA) is 99.1 Å². The first kappa shape index (κ1) is 18.8. The summed E-state index contributed by atoms with van der Waals surface area (Å²) in [7, 11) is 0.730. The van der Waals surface area contributed by atoms with Crippen LogP contribution in [0, 0.1) is 5.92 Å². The average molecular weight is 362 g/mol. The molecule has 3 atom stereocenters. The lowest BCUT2D eigenvalue weighted by Crippen LogP contribution is -2.73. The number of halogens is 3. The lowest BCUT2D eigenvalue weighted by Gasteiger charge is -2.49. The van der Waals surface area contributed by atoms with E-state index in [1.165, 1.54) is 25.1 Å². The summed E-state index contributed by atoms with van der Waals surface area (Å²) in [5, 5.41) is 22.2. The third-order valence-electron chi connectivity index (χ3n) is 4.05. The predicted octanol–water partition coefficient (Wildman–Crippen LogP) is 1.52. The Morgan fingerprint density at radius 1 is 1.44 bits per heavy atom. The molecule has 0 spiro atoms. The molecular formula is C15H17F3N2O5. The van der Waals surface area contributed by atoms with Crippen LogP contribution in [0.2, 0.25) is 0 Å². The number of hydrogen-bond acceptors (Lipinski definition) is 5. The summed E-state index contributed by atoms with van der Waals surface area (Å²) in [5.41, 5.74) is -3.76. The van der Waals surface area contributed by atoms with Gasteiger partial charge in [0.15, 0.2) is 0 Å². The molecule has 25 heavy (non-hydrogen) atoms. The smallest absolute Gasteiger partial charge is 0.437 e. The molecule has 138 valence electrons. The number of carbonyl (C=O) groups excluding carboxylic acids is 2. The number of hydrogen-bond donors (Lipinski definition) is 3. The van der Waals surface area contributed by atoms with Gasteiger partial charge >= 0.3 is 18.2 Å². The molecule has 1 aromatic rings. The molecule has 1 aliphatic rings. The van der Waals surface area contributed by atoms with Crippen LogP contribution in [0.4, 0.5) is 18.0 Å². The van der Waals surface area contributed by atoms with E-state index in [1.54, 1.807) is 0 Å². The first-order valence-corrected chi connectivity index (χ1v) is 7.33. The Hall–Kier alpha value is -2.49. The summed E-state index contributed by atoms with van der Waals surface area (Å²) in [4.78, 5) is 24.3. The zero-order valence-electron chi connectivity index (χ0n) is 13.4. The molecule has 1 saturated heterocycles. The van der Waals surface area contributed by atoms with Crippen molar-refractivity contribution >= 4 is 12.0 Å². The third kappa shape index (κ3) is 3.09. The number of ether oxygens (including phenoxy) is 1. The first-order chi connectivity index (χ1) is 11.5. The monoisotopic (exact) mass is 362 g/mol. The molecule has 0 unspecified atom stereocenters. The number of phenols is 1. The number of urea groups is 1. The first-order valence-electron chi connectivity index (χ1n) is 7.33. The van der Waals surface area contributed by atoms with Gasteiger partial charge < -0.3 is 20.3 Å². The Kier molecular flexibility index (Phi) is 4.85. The highest BCUT2D eigenvalue weighted by atomic mass is 19.4. The van der Waals surface area contributed by atoms with E-state index in [4.69, 9.17) is 4.74 Å². The molecule has 0 saturated carbocycles. The molecule has 1 heterocycles. The van der Waals surface area contributed by atoms with Crippen LogP contribution in [0.3, 0.4) is 0 Å². The van der Waals surface area contributed by atoms with E-state index in [9.17, 15) is 33.0 Å². The highest BCUT2D eigenvalue weighted by Crippen LogP contribution is 2.47. The van der Waals surface area contributed by atoms with Crippen molar-refractivity contribution in [1.82, 2.24) is 10.2 Å². The summed E-state index contributed by atoms with van der Waals surface area (Å²) >= 11 is 0. The second-order valence-electron chi connectivity index (χ2n) is 5.53. The van der Waals surface area contributed by atoms with Gasteiger partial charge in [0.25, 0.3) is 5.72 Å². The van der Waals surface area contributed by atoms with Crippen molar-refractivity contribution in [3.05, 3.63) is 29.8 Å². The summed E-state index contributed by atoms with van der Waals surface area (Å²) in [6.07, 6.45) is -5.33. The van der Waals surface area contributed by atoms with Crippen molar-refractivity contribution in [2.45, 2.75) is 24.9 Å². The molecule has 10 heteroatoms. The van der Waals surface area contributed by atoms with Gasteiger partial charge in [0.05, 0.1) is 12.6 Å². The number of alkyl halides is 3. The highest BCUT2D eigenvalue weighted by molar-refractivity contribution is 5.83. The number of phenolic OH excluding ortho intramolecular Hbond substituents is 1. The number of rotatable bonds is 3. The van der Waals surface area contributed by atoms with Gasteiger partial charge in [0.1, 0.15) is 11.7 Å². The fourth-order valence-corrected chi connectivity index (χ4v) is 2.80. The molecule has 0 aromatic heterocycles. The molecule has 2 amide bonds. The van der Waals surface area contributed by atoms with Crippen molar-refractivity contribution in [3.63, 3.8) is 0 Å². The molecule has 1 aliphatic heterocycles. The van der Waals surface area contributed by atoms with E-state index < -0.39 is 35.9 Å². The quantitative estimate of drug-likeness (QED) is 0.708. The van der Waals surface area contributed by atoms with E-state index in [1.807, 2.05) is 0 Å². The van der Waals surface area contributed by atoms with E-state index >= 15 is 0 Å². The molecule has 7 nitrogen and oxygen atoms in total. The summed E-state index contributed by atoms with van der Waals surface area (Å²) in [5.74, 6) is -3.80. The lowest BCUT2D eigenvalue weighted by atomic mass is 9.81. The Labute approximate surface area is 141 Å². The number of esters is 1. The van der Waals surface area contributed by atoms with Crippen molar-refractivity contribution < 1.29 is 37.7 Å². The van der Waals surface area contributed by atoms with Gasteiger partial charge in [-0.3, -0.25) is 9.69 Å². The van der Waals surface area contributed by atoms with Crippen molar-refractivity contribution in [3.8, 4) is 5.75 Å². The largest absolute Gasteiger partial charge is 0.508 e. The standard InChI is InChI=1S/C15H17F3N2O5/c1-3-25-12(22)10-11(8-5-4-6-9(21)7-8)19-13(23)20(2)14(10,24)15(16,17)18/h4-7,10-11,21,24H,3H2,1-2H3,(H,19,23)/t10-,11+,14-/m0/s1. The van der Waals surface area contributed by atoms with Gasteiger partial charge in [-0.05, 0) is 24.6 Å². The van der Waals surface area contributed by atoms with Crippen LogP contribution >= 0.6 is 0 Å². The average Bonchev–Trinajstić information content (AvgIpc) is 2.51. The molecule has 1 fully saturated rings. The number of nitrogens with zero attached hydrogens (tertiary/aromatic N) is 1. The minimum Gasteiger partial charge on any atom is -0.508 e. The fraction of sp³-hybridized carbons (Fsp3) is 0.467. The predicted molar refractivity (Wildman–Crippen MR) is 78.3 cm³/mol. The maximum absolute atomic E-state index is 13.6. The number of benzene rings is 1. The number of aliphatic hydroxyl groups is 1. The van der Waals surface area contributed by atoms with Crippen LogP contribution in [0.1, 0.15) is 18.5 Å². The second-order valence-corrected chi connectivity index (χ2v) is 5.53. The van der Waals surface area contributed by atoms with Gasteiger partial charge in [0.2, 0.25) is 0 Å². The Morgan fingerprint density at radius 2 is 2.08 bits per heavy atom. The normalized spacial score (nSPS) is 27.0. The summed E-state index contributed by atoms with van der Waals surface area (Å²) < 4.78 is 45.6. The van der Waals surface area contributed by atoms with Crippen molar-refractivity contribution in [1.29, 1.82) is 0 Å². The minimum absolute atomic E-state index is 0.0159. The number of carbonyl (C=O) groups is 2. The SMILES string of the molecule is CCOC(=O)[C@@H]1[C@@H](c2cccc(O)c2)NC(=O)N(C)[C@@]1(O)C(F)(F)F. The van der Waals surface area contributed by atoms with E-state index in [2.05, 4.69) is 5.32 Å². The second kappa shape index (κ2) is 6.43. The van der Waals surface area contributed by atoms with E-state index in [-0.39, 0.29) is 22.8 Å². The molecule has 3 N–H and O–H groups in total.